The zero-order valence-corrected chi connectivity index (χ0v) is 10.2. The van der Waals surface area contributed by atoms with Crippen molar-refractivity contribution in [3.05, 3.63) is 21.3 Å². The third kappa shape index (κ3) is 4.78. The summed E-state index contributed by atoms with van der Waals surface area (Å²) in [6.45, 7) is 0.745. The molecule has 1 heterocycles. The molecule has 0 spiro atoms. The van der Waals surface area contributed by atoms with Crippen LogP contribution in [0.2, 0.25) is 4.34 Å². The Labute approximate surface area is 99.4 Å². The molecule has 0 aromatic carbocycles. The van der Waals surface area contributed by atoms with Crippen LogP contribution in [0, 0.1) is 0 Å². The van der Waals surface area contributed by atoms with Crippen LogP contribution in [-0.2, 0) is 0 Å². The molecule has 0 radical (unpaired) electrons. The molecule has 1 rings (SSSR count). The fourth-order valence-corrected chi connectivity index (χ4v) is 2.38. The van der Waals surface area contributed by atoms with Gasteiger partial charge < -0.3 is 5.73 Å². The Kier molecular flexibility index (Phi) is 5.91. The molecule has 0 fully saturated rings. The number of carbonyl (C=O) groups excluding carboxylic acids is 1. The van der Waals surface area contributed by atoms with Gasteiger partial charge in [0.05, 0.1) is 9.21 Å². The zero-order chi connectivity index (χ0) is 11.1. The molecule has 0 amide bonds. The summed E-state index contributed by atoms with van der Waals surface area (Å²) in [6, 6.07) is 3.57. The number of hydrogen-bond acceptors (Lipinski definition) is 3. The minimum absolute atomic E-state index is 0.208. The summed E-state index contributed by atoms with van der Waals surface area (Å²) < 4.78 is 0.682. The normalized spacial score (nSPS) is 10.5. The highest BCUT2D eigenvalue weighted by atomic mass is 35.5. The molecule has 4 heteroatoms. The molecule has 0 saturated heterocycles. The van der Waals surface area contributed by atoms with Crippen LogP contribution < -0.4 is 5.73 Å². The maximum atomic E-state index is 11.6. The van der Waals surface area contributed by atoms with E-state index in [4.69, 9.17) is 17.3 Å². The maximum Gasteiger partial charge on any atom is 0.172 e. The lowest BCUT2D eigenvalue weighted by atomic mass is 10.1. The van der Waals surface area contributed by atoms with E-state index in [1.54, 1.807) is 12.1 Å². The standard InChI is InChI=1S/C11H16ClNOS/c12-11-7-6-10(15-11)9(14)5-3-1-2-4-8-13/h6-7H,1-5,8,13H2. The molecular formula is C11H16ClNOS. The van der Waals surface area contributed by atoms with E-state index in [1.165, 1.54) is 11.3 Å². The van der Waals surface area contributed by atoms with Crippen molar-refractivity contribution in [1.29, 1.82) is 0 Å². The summed E-state index contributed by atoms with van der Waals surface area (Å²) in [7, 11) is 0. The lowest BCUT2D eigenvalue weighted by Crippen LogP contribution is -1.99. The third-order valence-electron chi connectivity index (χ3n) is 2.21. The fourth-order valence-electron chi connectivity index (χ4n) is 1.37. The minimum Gasteiger partial charge on any atom is -0.330 e. The van der Waals surface area contributed by atoms with Crippen LogP contribution in [0.25, 0.3) is 0 Å². The summed E-state index contributed by atoms with van der Waals surface area (Å²) in [4.78, 5) is 12.4. The van der Waals surface area contributed by atoms with Crippen LogP contribution in [0.1, 0.15) is 41.8 Å². The molecule has 84 valence electrons. The summed E-state index contributed by atoms with van der Waals surface area (Å²) in [5.41, 5.74) is 5.38. The van der Waals surface area contributed by atoms with E-state index in [2.05, 4.69) is 0 Å². The van der Waals surface area contributed by atoms with Gasteiger partial charge in [-0.2, -0.15) is 0 Å². The number of rotatable bonds is 7. The SMILES string of the molecule is NCCCCCCC(=O)c1ccc(Cl)s1. The molecule has 2 nitrogen and oxygen atoms in total. The monoisotopic (exact) mass is 245 g/mol. The van der Waals surface area contributed by atoms with E-state index >= 15 is 0 Å². The predicted octanol–water partition coefficient (Wildman–Crippen LogP) is 3.49. The van der Waals surface area contributed by atoms with Crippen LogP contribution >= 0.6 is 22.9 Å². The van der Waals surface area contributed by atoms with Gasteiger partial charge in [-0.15, -0.1) is 11.3 Å². The molecule has 0 atom stereocenters. The molecule has 0 saturated carbocycles. The van der Waals surface area contributed by atoms with Gasteiger partial charge in [-0.25, -0.2) is 0 Å². The highest BCUT2D eigenvalue weighted by Crippen LogP contribution is 2.23. The number of unbranched alkanes of at least 4 members (excludes halogenated alkanes) is 3. The second-order valence-corrected chi connectivity index (χ2v) is 5.19. The maximum absolute atomic E-state index is 11.6. The van der Waals surface area contributed by atoms with Gasteiger partial charge in [0.15, 0.2) is 5.78 Å². The molecule has 2 N–H and O–H groups in total. The molecule has 0 aliphatic heterocycles. The minimum atomic E-state index is 0.208. The molecular weight excluding hydrogens is 230 g/mol. The third-order valence-corrected chi connectivity index (χ3v) is 3.48. The van der Waals surface area contributed by atoms with Crippen molar-refractivity contribution in [3.63, 3.8) is 0 Å². The van der Waals surface area contributed by atoms with Gasteiger partial charge in [0, 0.05) is 6.42 Å². The molecule has 0 aliphatic rings. The average Bonchev–Trinajstić information content (AvgIpc) is 2.64. The van der Waals surface area contributed by atoms with Crippen LogP contribution in [0.4, 0.5) is 0 Å². The van der Waals surface area contributed by atoms with Crippen molar-refractivity contribution >= 4 is 28.7 Å². The van der Waals surface area contributed by atoms with Gasteiger partial charge in [0.1, 0.15) is 0 Å². The average molecular weight is 246 g/mol. The van der Waals surface area contributed by atoms with Crippen molar-refractivity contribution in [2.45, 2.75) is 32.1 Å². The van der Waals surface area contributed by atoms with Crippen LogP contribution in [0.5, 0.6) is 0 Å². The van der Waals surface area contributed by atoms with Crippen molar-refractivity contribution in [2.75, 3.05) is 6.54 Å². The van der Waals surface area contributed by atoms with E-state index in [0.717, 1.165) is 37.1 Å². The van der Waals surface area contributed by atoms with Crippen molar-refractivity contribution in [1.82, 2.24) is 0 Å². The smallest absolute Gasteiger partial charge is 0.172 e. The highest BCUT2D eigenvalue weighted by molar-refractivity contribution is 7.18. The number of hydrogen-bond donors (Lipinski definition) is 1. The topological polar surface area (TPSA) is 43.1 Å². The van der Waals surface area contributed by atoms with Gasteiger partial charge >= 0.3 is 0 Å². The van der Waals surface area contributed by atoms with Gasteiger partial charge in [0.25, 0.3) is 0 Å². The second-order valence-electron chi connectivity index (χ2n) is 3.48. The summed E-state index contributed by atoms with van der Waals surface area (Å²) in [5, 5.41) is 0. The molecule has 0 aliphatic carbocycles. The van der Waals surface area contributed by atoms with Gasteiger partial charge in [0.2, 0.25) is 0 Å². The number of nitrogens with two attached hydrogens (primary N) is 1. The number of carbonyl (C=O) groups is 1. The van der Waals surface area contributed by atoms with E-state index in [-0.39, 0.29) is 5.78 Å². The molecule has 0 bridgehead atoms. The van der Waals surface area contributed by atoms with E-state index in [9.17, 15) is 4.79 Å². The number of halogens is 1. The second kappa shape index (κ2) is 6.99. The van der Waals surface area contributed by atoms with E-state index < -0.39 is 0 Å². The molecule has 0 unspecified atom stereocenters. The van der Waals surface area contributed by atoms with Crippen LogP contribution in [0.3, 0.4) is 0 Å². The first-order valence-electron chi connectivity index (χ1n) is 5.22. The Morgan fingerprint density at radius 3 is 2.60 bits per heavy atom. The largest absolute Gasteiger partial charge is 0.330 e. The van der Waals surface area contributed by atoms with Crippen molar-refractivity contribution in [2.24, 2.45) is 5.73 Å². The number of ketones is 1. The Morgan fingerprint density at radius 1 is 1.27 bits per heavy atom. The first kappa shape index (κ1) is 12.7. The Balaban J connectivity index is 2.19. The zero-order valence-electron chi connectivity index (χ0n) is 8.67. The number of thiophene rings is 1. The van der Waals surface area contributed by atoms with Crippen molar-refractivity contribution < 1.29 is 4.79 Å². The molecule has 1 aromatic heterocycles. The Morgan fingerprint density at radius 2 is 2.00 bits per heavy atom. The quantitative estimate of drug-likeness (QED) is 0.590. The predicted molar refractivity (Wildman–Crippen MR) is 65.8 cm³/mol. The fraction of sp³-hybridized carbons (Fsp3) is 0.545. The lowest BCUT2D eigenvalue weighted by Gasteiger charge is -1.98. The van der Waals surface area contributed by atoms with E-state index in [1.807, 2.05) is 0 Å². The first-order valence-corrected chi connectivity index (χ1v) is 6.42. The van der Waals surface area contributed by atoms with Gasteiger partial charge in [-0.3, -0.25) is 4.79 Å². The lowest BCUT2D eigenvalue weighted by molar-refractivity contribution is 0.0983. The Bertz CT molecular complexity index is 311. The summed E-state index contributed by atoms with van der Waals surface area (Å²) >= 11 is 7.12. The van der Waals surface area contributed by atoms with Crippen LogP contribution in [-0.4, -0.2) is 12.3 Å². The first-order chi connectivity index (χ1) is 7.24. The summed E-state index contributed by atoms with van der Waals surface area (Å²) in [6.07, 6.45) is 4.84. The summed E-state index contributed by atoms with van der Waals surface area (Å²) in [5.74, 6) is 0.208. The van der Waals surface area contributed by atoms with Crippen LogP contribution in [0.15, 0.2) is 12.1 Å². The van der Waals surface area contributed by atoms with Gasteiger partial charge in [-0.05, 0) is 31.5 Å². The number of Topliss-reactive ketones (excluding diaryl/α,β-unsaturated/α-hetero) is 1. The van der Waals surface area contributed by atoms with Crippen molar-refractivity contribution in [3.8, 4) is 0 Å². The highest BCUT2D eigenvalue weighted by Gasteiger charge is 2.07. The van der Waals surface area contributed by atoms with Gasteiger partial charge in [-0.1, -0.05) is 24.4 Å². The van der Waals surface area contributed by atoms with E-state index in [0.29, 0.717) is 10.8 Å². The molecule has 15 heavy (non-hydrogen) atoms. The molecule has 1 aromatic rings. The Hall–Kier alpha value is -0.380.